The molecule has 0 unspecified atom stereocenters. The summed E-state index contributed by atoms with van der Waals surface area (Å²) in [6.45, 7) is 3.48. The zero-order chi connectivity index (χ0) is 26.1. The summed E-state index contributed by atoms with van der Waals surface area (Å²) in [4.78, 5) is 35.4. The highest BCUT2D eigenvalue weighted by molar-refractivity contribution is 6.09. The molecule has 7 nitrogen and oxygen atoms in total. The molecule has 2 aromatic rings. The lowest BCUT2D eigenvalue weighted by molar-refractivity contribution is -0.120. The number of nitrogens with zero attached hydrogens (tertiary/aromatic N) is 3. The molecule has 1 fully saturated rings. The number of carbonyl (C=O) groups is 2. The van der Waals surface area contributed by atoms with Gasteiger partial charge in [0.1, 0.15) is 17.4 Å². The molecule has 2 aliphatic heterocycles. The minimum atomic E-state index is -2.74. The molecular weight excluding hydrogens is 473 g/mol. The van der Waals surface area contributed by atoms with Crippen LogP contribution >= 0.6 is 0 Å². The van der Waals surface area contributed by atoms with Crippen LogP contribution in [0.5, 0.6) is 0 Å². The summed E-state index contributed by atoms with van der Waals surface area (Å²) in [5.74, 6) is -3.45. The number of halogens is 3. The molecule has 2 N–H and O–H groups in total. The molecule has 3 heterocycles. The number of urea groups is 1. The number of ketones is 1. The SMILES string of the molecule is CC(C)(O)[C@@H](CC(=O)Cc1cc2c(cn1)C(NC(=O)N1CCC(F)(F)CC1)=NC2)c1ccc(F)cc1. The van der Waals surface area contributed by atoms with E-state index in [-0.39, 0.29) is 44.6 Å². The van der Waals surface area contributed by atoms with Gasteiger partial charge in [-0.05, 0) is 43.2 Å². The van der Waals surface area contributed by atoms with Crippen LogP contribution < -0.4 is 5.32 Å². The number of hydrogen-bond acceptors (Lipinski definition) is 5. The summed E-state index contributed by atoms with van der Waals surface area (Å²) in [5, 5.41) is 13.3. The average molecular weight is 503 g/mol. The number of alkyl halides is 2. The molecule has 1 aromatic carbocycles. The summed E-state index contributed by atoms with van der Waals surface area (Å²) >= 11 is 0. The number of hydrogen-bond donors (Lipinski definition) is 2. The maximum absolute atomic E-state index is 13.4. The summed E-state index contributed by atoms with van der Waals surface area (Å²) in [6.07, 6.45) is 0.920. The zero-order valence-corrected chi connectivity index (χ0v) is 20.2. The lowest BCUT2D eigenvalue weighted by Gasteiger charge is -2.31. The molecule has 2 amide bonds. The zero-order valence-electron chi connectivity index (χ0n) is 20.2. The Hall–Kier alpha value is -3.27. The monoisotopic (exact) mass is 502 g/mol. The van der Waals surface area contributed by atoms with E-state index in [9.17, 15) is 27.9 Å². The molecule has 1 aromatic heterocycles. The molecule has 0 radical (unpaired) electrons. The van der Waals surface area contributed by atoms with Crippen LogP contribution in [0.15, 0.2) is 41.5 Å². The fourth-order valence-corrected chi connectivity index (χ4v) is 4.53. The van der Waals surface area contributed by atoms with Crippen molar-refractivity contribution in [3.8, 4) is 0 Å². The number of nitrogens with one attached hydrogen (secondary N) is 1. The van der Waals surface area contributed by atoms with Gasteiger partial charge < -0.3 is 10.0 Å². The van der Waals surface area contributed by atoms with E-state index in [1.54, 1.807) is 38.2 Å². The van der Waals surface area contributed by atoms with Gasteiger partial charge in [-0.25, -0.2) is 18.0 Å². The second-order valence-electron chi connectivity index (χ2n) is 9.95. The van der Waals surface area contributed by atoms with Gasteiger partial charge >= 0.3 is 6.03 Å². The summed E-state index contributed by atoms with van der Waals surface area (Å²) in [7, 11) is 0. The Labute approximate surface area is 207 Å². The maximum atomic E-state index is 13.4. The average Bonchev–Trinajstić information content (AvgIpc) is 3.19. The molecule has 0 aliphatic carbocycles. The number of benzene rings is 1. The molecule has 0 bridgehead atoms. The molecule has 0 spiro atoms. The van der Waals surface area contributed by atoms with E-state index in [1.807, 2.05) is 0 Å². The van der Waals surface area contributed by atoms with Crippen molar-refractivity contribution in [2.75, 3.05) is 13.1 Å². The number of likely N-dealkylation sites (tertiary alicyclic amines) is 1. The predicted octanol–water partition coefficient (Wildman–Crippen LogP) is 3.98. The summed E-state index contributed by atoms with van der Waals surface area (Å²) < 4.78 is 40.0. The van der Waals surface area contributed by atoms with Crippen LogP contribution in [-0.4, -0.2) is 57.3 Å². The molecule has 1 saturated heterocycles. The minimum absolute atomic E-state index is 0.0260. The van der Waals surface area contributed by atoms with Gasteiger partial charge in [0.15, 0.2) is 0 Å². The predicted molar refractivity (Wildman–Crippen MR) is 128 cm³/mol. The van der Waals surface area contributed by atoms with Crippen LogP contribution in [0.4, 0.5) is 18.0 Å². The van der Waals surface area contributed by atoms with Crippen molar-refractivity contribution in [3.63, 3.8) is 0 Å². The molecule has 2 aliphatic rings. The van der Waals surface area contributed by atoms with E-state index in [1.165, 1.54) is 17.0 Å². The number of carbonyl (C=O) groups excluding carboxylic acids is 2. The largest absolute Gasteiger partial charge is 0.390 e. The molecule has 192 valence electrons. The van der Waals surface area contributed by atoms with Gasteiger partial charge in [-0.2, -0.15) is 0 Å². The highest BCUT2D eigenvalue weighted by Gasteiger charge is 2.36. The Kier molecular flexibility index (Phi) is 7.17. The van der Waals surface area contributed by atoms with Crippen molar-refractivity contribution in [1.29, 1.82) is 0 Å². The number of amidine groups is 1. The van der Waals surface area contributed by atoms with Crippen LogP contribution in [0, 0.1) is 5.82 Å². The van der Waals surface area contributed by atoms with E-state index in [0.29, 0.717) is 29.2 Å². The Morgan fingerprint density at radius 1 is 1.19 bits per heavy atom. The number of aliphatic hydroxyl groups is 1. The topological polar surface area (TPSA) is 94.9 Å². The second kappa shape index (κ2) is 10.0. The Morgan fingerprint density at radius 2 is 1.86 bits per heavy atom. The van der Waals surface area contributed by atoms with Crippen molar-refractivity contribution in [1.82, 2.24) is 15.2 Å². The number of piperidine rings is 1. The first kappa shape index (κ1) is 25.8. The lowest BCUT2D eigenvalue weighted by Crippen LogP contribution is -2.48. The Morgan fingerprint density at radius 3 is 2.50 bits per heavy atom. The van der Waals surface area contributed by atoms with E-state index >= 15 is 0 Å². The van der Waals surface area contributed by atoms with Crippen molar-refractivity contribution in [2.24, 2.45) is 4.99 Å². The smallest absolute Gasteiger partial charge is 0.323 e. The maximum Gasteiger partial charge on any atom is 0.323 e. The van der Waals surface area contributed by atoms with Gasteiger partial charge in [0.25, 0.3) is 5.92 Å². The van der Waals surface area contributed by atoms with Crippen molar-refractivity contribution in [2.45, 2.75) is 63.5 Å². The van der Waals surface area contributed by atoms with E-state index in [0.717, 1.165) is 5.56 Å². The number of pyridine rings is 1. The fourth-order valence-electron chi connectivity index (χ4n) is 4.53. The van der Waals surface area contributed by atoms with Crippen LogP contribution in [0.3, 0.4) is 0 Å². The van der Waals surface area contributed by atoms with Crippen molar-refractivity contribution in [3.05, 3.63) is 64.7 Å². The number of amides is 2. The van der Waals surface area contributed by atoms with Crippen LogP contribution in [-0.2, 0) is 17.8 Å². The van der Waals surface area contributed by atoms with Crippen molar-refractivity contribution >= 4 is 17.6 Å². The van der Waals surface area contributed by atoms with Crippen LogP contribution in [0.2, 0.25) is 0 Å². The third-order valence-corrected chi connectivity index (χ3v) is 6.65. The van der Waals surface area contributed by atoms with Crippen LogP contribution in [0.25, 0.3) is 0 Å². The molecule has 36 heavy (non-hydrogen) atoms. The molecule has 1 atom stereocenters. The third kappa shape index (κ3) is 6.10. The summed E-state index contributed by atoms with van der Waals surface area (Å²) in [6, 6.07) is 7.03. The number of fused-ring (bicyclic) bond motifs is 1. The lowest BCUT2D eigenvalue weighted by atomic mass is 9.80. The highest BCUT2D eigenvalue weighted by atomic mass is 19.3. The number of rotatable bonds is 6. The molecule has 4 rings (SSSR count). The van der Waals surface area contributed by atoms with Gasteiger partial charge in [-0.15, -0.1) is 0 Å². The molecule has 0 saturated carbocycles. The van der Waals surface area contributed by atoms with Gasteiger partial charge in [0.05, 0.1) is 12.1 Å². The molecule has 10 heteroatoms. The van der Waals surface area contributed by atoms with E-state index in [2.05, 4.69) is 15.3 Å². The number of Topliss-reactive ketones (excluding diaryl/α,β-unsaturated/α-hetero) is 1. The molecular formula is C26H29F3N4O3. The third-order valence-electron chi connectivity index (χ3n) is 6.65. The van der Waals surface area contributed by atoms with Gasteiger partial charge in [0, 0.05) is 62.1 Å². The Bertz CT molecular complexity index is 1170. The number of aromatic nitrogens is 1. The van der Waals surface area contributed by atoms with Gasteiger partial charge in [-0.3, -0.25) is 20.1 Å². The first-order valence-corrected chi connectivity index (χ1v) is 11.9. The first-order chi connectivity index (χ1) is 16.9. The van der Waals surface area contributed by atoms with Crippen LogP contribution in [0.1, 0.15) is 61.4 Å². The first-order valence-electron chi connectivity index (χ1n) is 11.9. The quantitative estimate of drug-likeness (QED) is 0.625. The van der Waals surface area contributed by atoms with E-state index < -0.39 is 29.3 Å². The number of aliphatic imine (C=N–C) groups is 1. The highest BCUT2D eigenvalue weighted by Crippen LogP contribution is 2.32. The fraction of sp³-hybridized carbons (Fsp3) is 0.462. The standard InChI is InChI=1S/C26H29F3N4O3/c1-25(2,36)22(16-3-5-18(27)6-4-16)13-20(34)12-19-11-17-14-31-23(21(17)15-30-19)32-24(35)33-9-7-26(28,29)8-10-33/h3-6,11,15,22,36H,7-10,12-14H2,1-2H3,(H,31,32,35)/t22-/m0/s1. The minimum Gasteiger partial charge on any atom is -0.390 e. The van der Waals surface area contributed by atoms with Gasteiger partial charge in [-0.1, -0.05) is 12.1 Å². The summed E-state index contributed by atoms with van der Waals surface area (Å²) in [5.41, 5.74) is 1.44. The Balaban J connectivity index is 1.38. The van der Waals surface area contributed by atoms with Gasteiger partial charge in [0.2, 0.25) is 0 Å². The normalized spacial score (nSPS) is 17.8. The van der Waals surface area contributed by atoms with E-state index in [4.69, 9.17) is 0 Å². The second-order valence-corrected chi connectivity index (χ2v) is 9.95. The van der Waals surface area contributed by atoms with Crippen molar-refractivity contribution < 1.29 is 27.9 Å².